The number of rotatable bonds is 2. The van der Waals surface area contributed by atoms with Gasteiger partial charge in [0, 0.05) is 6.07 Å². The van der Waals surface area contributed by atoms with Crippen LogP contribution in [0.2, 0.25) is 0 Å². The summed E-state index contributed by atoms with van der Waals surface area (Å²) in [5, 5.41) is 25.3. The van der Waals surface area contributed by atoms with Crippen molar-refractivity contribution in [3.63, 3.8) is 0 Å². The second kappa shape index (κ2) is 5.79. The van der Waals surface area contributed by atoms with Crippen molar-refractivity contribution in [1.82, 2.24) is 4.98 Å². The number of halogens is 1. The molecule has 0 bridgehead atoms. The summed E-state index contributed by atoms with van der Waals surface area (Å²) in [5.41, 5.74) is 0.675. The summed E-state index contributed by atoms with van der Waals surface area (Å²) < 4.78 is -0.485. The van der Waals surface area contributed by atoms with Crippen molar-refractivity contribution in [1.29, 1.82) is 0 Å². The second-order valence-corrected chi connectivity index (χ2v) is 5.79. The van der Waals surface area contributed by atoms with E-state index in [9.17, 15) is 15.2 Å². The first kappa shape index (κ1) is 15.1. The number of quaternary nitrogens is 1. The third-order valence-corrected chi connectivity index (χ3v) is 4.32. The van der Waals surface area contributed by atoms with Crippen molar-refractivity contribution in [3.8, 4) is 0 Å². The van der Waals surface area contributed by atoms with E-state index in [1.807, 2.05) is 0 Å². The number of nitrogens with zero attached hydrogens (tertiary/aromatic N) is 3. The standard InChI is InChI=1S/C15H16ClN3O3/c16-10-12-14(15(20)19(22)8-4-1-5-9-19)18(21)13-7-3-2-6-11(13)17-12/h2-3,6-7H,1,4-5,8-10H2. The van der Waals surface area contributed by atoms with E-state index in [0.29, 0.717) is 23.1 Å². The van der Waals surface area contributed by atoms with E-state index >= 15 is 0 Å². The Morgan fingerprint density at radius 1 is 1.27 bits per heavy atom. The van der Waals surface area contributed by atoms with Gasteiger partial charge in [-0.2, -0.15) is 4.73 Å². The molecule has 1 aromatic heterocycles. The summed E-state index contributed by atoms with van der Waals surface area (Å²) in [4.78, 5) is 17.0. The molecule has 2 aromatic rings. The Balaban J connectivity index is 2.16. The first-order chi connectivity index (χ1) is 10.6. The van der Waals surface area contributed by atoms with Crippen LogP contribution in [-0.4, -0.2) is 28.6 Å². The normalized spacial score (nSPS) is 17.5. The zero-order valence-electron chi connectivity index (χ0n) is 12.0. The number of carbonyl (C=O) groups is 1. The third-order valence-electron chi connectivity index (χ3n) is 4.07. The van der Waals surface area contributed by atoms with Crippen molar-refractivity contribution in [3.05, 3.63) is 46.1 Å². The second-order valence-electron chi connectivity index (χ2n) is 5.53. The number of hydroxylamine groups is 3. The molecule has 1 aliphatic heterocycles. The number of alkyl halides is 1. The molecule has 0 aliphatic carbocycles. The monoisotopic (exact) mass is 321 g/mol. The summed E-state index contributed by atoms with van der Waals surface area (Å²) >= 11 is 5.86. The number of carbonyl (C=O) groups excluding carboxylic acids is 1. The molecule has 6 nitrogen and oxygen atoms in total. The van der Waals surface area contributed by atoms with Gasteiger partial charge in [0.2, 0.25) is 5.52 Å². The van der Waals surface area contributed by atoms with Gasteiger partial charge >= 0.3 is 11.6 Å². The highest BCUT2D eigenvalue weighted by molar-refractivity contribution is 6.17. The van der Waals surface area contributed by atoms with Gasteiger partial charge in [-0.25, -0.2) is 9.78 Å². The maximum Gasteiger partial charge on any atom is 0.413 e. The van der Waals surface area contributed by atoms with Gasteiger partial charge < -0.3 is 10.4 Å². The van der Waals surface area contributed by atoms with Crippen molar-refractivity contribution in [2.24, 2.45) is 0 Å². The Kier molecular flexibility index (Phi) is 3.99. The lowest BCUT2D eigenvalue weighted by atomic mass is 10.1. The molecule has 1 aliphatic rings. The number of hydrogen-bond donors (Lipinski definition) is 0. The molecule has 3 rings (SSSR count). The lowest BCUT2D eigenvalue weighted by Crippen LogP contribution is -2.55. The van der Waals surface area contributed by atoms with Crippen molar-refractivity contribution in [2.45, 2.75) is 25.1 Å². The minimum atomic E-state index is -0.994. The van der Waals surface area contributed by atoms with Crippen molar-refractivity contribution < 1.29 is 14.2 Å². The summed E-state index contributed by atoms with van der Waals surface area (Å²) in [6.45, 7) is 0.404. The Morgan fingerprint density at radius 3 is 2.64 bits per heavy atom. The van der Waals surface area contributed by atoms with E-state index in [0.717, 1.165) is 6.42 Å². The Morgan fingerprint density at radius 2 is 1.95 bits per heavy atom. The molecule has 0 N–H and O–H groups in total. The van der Waals surface area contributed by atoms with Crippen LogP contribution in [0.3, 0.4) is 0 Å². The van der Waals surface area contributed by atoms with Crippen LogP contribution in [0, 0.1) is 10.4 Å². The zero-order chi connectivity index (χ0) is 15.7. The minimum absolute atomic E-state index is 0.0891. The highest BCUT2D eigenvalue weighted by atomic mass is 35.5. The van der Waals surface area contributed by atoms with E-state index in [-0.39, 0.29) is 35.9 Å². The van der Waals surface area contributed by atoms with E-state index in [4.69, 9.17) is 11.6 Å². The Bertz CT molecular complexity index is 729. The average molecular weight is 322 g/mol. The summed E-state index contributed by atoms with van der Waals surface area (Å²) in [6.07, 6.45) is 2.31. The molecule has 0 atom stereocenters. The van der Waals surface area contributed by atoms with Crippen LogP contribution in [0.1, 0.15) is 35.4 Å². The quantitative estimate of drug-likeness (QED) is 0.368. The van der Waals surface area contributed by atoms with E-state index in [2.05, 4.69) is 4.98 Å². The summed E-state index contributed by atoms with van der Waals surface area (Å²) in [7, 11) is 0. The maximum atomic E-state index is 12.7. The fourth-order valence-electron chi connectivity index (χ4n) is 2.89. The van der Waals surface area contributed by atoms with Crippen LogP contribution < -0.4 is 4.73 Å². The van der Waals surface area contributed by atoms with Crippen LogP contribution >= 0.6 is 11.6 Å². The molecule has 1 fully saturated rings. The lowest BCUT2D eigenvalue weighted by molar-refractivity contribution is -0.807. The Hall–Kier alpha value is -1.76. The lowest BCUT2D eigenvalue weighted by Gasteiger charge is -2.41. The molecular weight excluding hydrogens is 306 g/mol. The van der Waals surface area contributed by atoms with Crippen LogP contribution in [0.15, 0.2) is 24.3 Å². The first-order valence-corrected chi connectivity index (χ1v) is 7.80. The van der Waals surface area contributed by atoms with Gasteiger partial charge in [-0.15, -0.1) is 11.6 Å². The number of para-hydroxylation sites is 2. The molecule has 7 heteroatoms. The summed E-state index contributed by atoms with van der Waals surface area (Å²) in [5.74, 6) is -0.822. The van der Waals surface area contributed by atoms with Gasteiger partial charge in [0.05, 0.1) is 19.0 Å². The molecule has 0 spiro atoms. The fraction of sp³-hybridized carbons (Fsp3) is 0.400. The van der Waals surface area contributed by atoms with Gasteiger partial charge in [-0.05, 0) is 25.3 Å². The van der Waals surface area contributed by atoms with Crippen molar-refractivity contribution >= 4 is 28.5 Å². The van der Waals surface area contributed by atoms with Crippen LogP contribution in [0.4, 0.5) is 0 Å². The SMILES string of the molecule is O=C(c1c(CCl)nc2ccccc2[n+]1[O-])[N+]1([O-])CCCCC1. The number of amides is 1. The number of benzene rings is 1. The smallest absolute Gasteiger partial charge is 0.413 e. The predicted molar refractivity (Wildman–Crippen MR) is 81.8 cm³/mol. The zero-order valence-corrected chi connectivity index (χ0v) is 12.8. The minimum Gasteiger partial charge on any atom is -0.625 e. The summed E-state index contributed by atoms with van der Waals surface area (Å²) in [6, 6.07) is 6.70. The first-order valence-electron chi connectivity index (χ1n) is 7.27. The van der Waals surface area contributed by atoms with E-state index in [1.54, 1.807) is 24.3 Å². The van der Waals surface area contributed by atoms with Gasteiger partial charge in [0.1, 0.15) is 11.2 Å². The number of likely N-dealkylation sites (tertiary alicyclic amines) is 1. The molecule has 1 saturated heterocycles. The van der Waals surface area contributed by atoms with Gasteiger partial charge in [-0.3, -0.25) is 4.65 Å². The van der Waals surface area contributed by atoms with E-state index in [1.165, 1.54) is 0 Å². The van der Waals surface area contributed by atoms with Crippen LogP contribution in [-0.2, 0) is 5.88 Å². The van der Waals surface area contributed by atoms with Gasteiger partial charge in [-0.1, -0.05) is 12.1 Å². The predicted octanol–water partition coefficient (Wildman–Crippen LogP) is 2.25. The van der Waals surface area contributed by atoms with Crippen molar-refractivity contribution in [2.75, 3.05) is 13.1 Å². The molecule has 1 aromatic carbocycles. The fourth-order valence-corrected chi connectivity index (χ4v) is 3.08. The van der Waals surface area contributed by atoms with Crippen LogP contribution in [0.5, 0.6) is 0 Å². The number of fused-ring (bicyclic) bond motifs is 1. The average Bonchev–Trinajstić information content (AvgIpc) is 2.55. The third kappa shape index (κ3) is 2.43. The Labute approximate surface area is 132 Å². The molecule has 0 saturated carbocycles. The number of hydrogen-bond acceptors (Lipinski definition) is 4. The topological polar surface area (TPSA) is 80.0 Å². The molecule has 2 heterocycles. The van der Waals surface area contributed by atoms with Crippen LogP contribution in [0.25, 0.3) is 11.0 Å². The van der Waals surface area contributed by atoms with E-state index < -0.39 is 10.6 Å². The molecular formula is C15H16ClN3O3. The highest BCUT2D eigenvalue weighted by Crippen LogP contribution is 2.23. The molecule has 116 valence electrons. The number of piperidine rings is 1. The molecule has 0 radical (unpaired) electrons. The molecule has 22 heavy (non-hydrogen) atoms. The molecule has 1 amide bonds. The largest absolute Gasteiger partial charge is 0.625 e. The molecule has 0 unspecified atom stereocenters. The maximum absolute atomic E-state index is 12.7. The number of aromatic nitrogens is 2. The van der Waals surface area contributed by atoms with Gasteiger partial charge in [0.25, 0.3) is 0 Å². The van der Waals surface area contributed by atoms with Gasteiger partial charge in [0.15, 0.2) is 0 Å². The highest BCUT2D eigenvalue weighted by Gasteiger charge is 2.39.